The van der Waals surface area contributed by atoms with Gasteiger partial charge in [-0.15, -0.1) is 0 Å². The second-order valence-corrected chi connectivity index (χ2v) is 22.1. The summed E-state index contributed by atoms with van der Waals surface area (Å²) in [6.45, 7) is 18.3. The minimum Gasteiger partial charge on any atom is -0.464 e. The summed E-state index contributed by atoms with van der Waals surface area (Å²) < 4.78 is 20.0. The molecular formula is C57H74N8O7. The number of likely N-dealkylation sites (tertiary alicyclic amines) is 2. The monoisotopic (exact) mass is 983 g/mol. The van der Waals surface area contributed by atoms with E-state index in [1.54, 1.807) is 7.11 Å². The lowest BCUT2D eigenvalue weighted by atomic mass is 9.84. The van der Waals surface area contributed by atoms with E-state index in [4.69, 9.17) is 19.2 Å². The molecule has 6 bridgehead atoms. The third-order valence-electron chi connectivity index (χ3n) is 15.9. The molecule has 384 valence electrons. The number of ether oxygens (including phenoxy) is 3. The number of nitrogens with one attached hydrogen (secondary N) is 2. The van der Waals surface area contributed by atoms with Gasteiger partial charge in [-0.2, -0.15) is 0 Å². The molecule has 4 aromatic rings. The lowest BCUT2D eigenvalue weighted by molar-refractivity contribution is -0.155. The van der Waals surface area contributed by atoms with Crippen molar-refractivity contribution in [2.24, 2.45) is 16.7 Å². The van der Waals surface area contributed by atoms with Crippen molar-refractivity contribution in [3.8, 4) is 34.2 Å². The number of rotatable bonds is 8. The minimum atomic E-state index is -0.934. The van der Waals surface area contributed by atoms with Gasteiger partial charge < -0.3 is 29.0 Å². The number of hydrogen-bond donors (Lipinski definition) is 2. The van der Waals surface area contributed by atoms with Crippen molar-refractivity contribution in [2.45, 2.75) is 117 Å². The predicted molar refractivity (Wildman–Crippen MR) is 277 cm³/mol. The van der Waals surface area contributed by atoms with Crippen molar-refractivity contribution < 1.29 is 33.4 Å². The first-order valence-electron chi connectivity index (χ1n) is 26.2. The highest BCUT2D eigenvalue weighted by Gasteiger charge is 2.48. The van der Waals surface area contributed by atoms with Crippen LogP contribution in [0, 0.1) is 28.6 Å². The van der Waals surface area contributed by atoms with Crippen molar-refractivity contribution in [1.29, 1.82) is 0 Å². The Balaban J connectivity index is 1.02. The molecule has 72 heavy (non-hydrogen) atoms. The summed E-state index contributed by atoms with van der Waals surface area (Å²) in [6, 6.07) is 16.7. The SMILES string of the molecule is CCn1c(-c2cccnc2[C@H](C)OC)c2c3cc(ccc31)-c1cccc(c1)C[C@H](NC(=O)[C@H](C(C)C)N1CC[C@@]3(CCN(C(=O)C#C[C@@H]4COCCN4C)C3)C1)C(=O)N1CCC[C@H](N1)C(=O)OCC(C)(C)C2. The van der Waals surface area contributed by atoms with Crippen LogP contribution in [0.15, 0.2) is 60.8 Å². The Morgan fingerprint density at radius 3 is 2.58 bits per heavy atom. The Morgan fingerprint density at radius 1 is 1.00 bits per heavy atom. The number of carbonyl (C=O) groups excluding carboxylic acids is 4. The average molecular weight is 983 g/mol. The molecule has 3 amide bonds. The zero-order valence-corrected chi connectivity index (χ0v) is 43.6. The number of esters is 1. The number of aryl methyl sites for hydroxylation is 1. The molecule has 1 spiro atoms. The Bertz CT molecular complexity index is 2740. The molecule has 0 aliphatic carbocycles. The average Bonchev–Trinajstić information content (AvgIpc) is 4.08. The molecule has 2 aromatic heterocycles. The van der Waals surface area contributed by atoms with E-state index < -0.39 is 29.5 Å². The fourth-order valence-corrected chi connectivity index (χ4v) is 11.8. The Morgan fingerprint density at radius 2 is 1.81 bits per heavy atom. The van der Waals surface area contributed by atoms with Crippen LogP contribution in [0.1, 0.15) is 90.2 Å². The van der Waals surface area contributed by atoms with Gasteiger partial charge in [0.25, 0.3) is 11.8 Å². The van der Waals surface area contributed by atoms with Gasteiger partial charge in [0, 0.05) is 86.3 Å². The number of morpholine rings is 1. The molecule has 4 fully saturated rings. The lowest BCUT2D eigenvalue weighted by Crippen LogP contribution is -2.62. The minimum absolute atomic E-state index is 0.0648. The topological polar surface area (TPSA) is 151 Å². The number of aromatic nitrogens is 2. The van der Waals surface area contributed by atoms with Crippen LogP contribution in [-0.4, -0.2) is 150 Å². The van der Waals surface area contributed by atoms with E-state index in [9.17, 15) is 19.2 Å². The van der Waals surface area contributed by atoms with E-state index in [1.165, 1.54) is 5.01 Å². The van der Waals surface area contributed by atoms with Gasteiger partial charge in [-0.05, 0) is 118 Å². The molecule has 6 atom stereocenters. The summed E-state index contributed by atoms with van der Waals surface area (Å²) in [5.74, 6) is 4.89. The maximum atomic E-state index is 14.9. The summed E-state index contributed by atoms with van der Waals surface area (Å²) in [7, 11) is 3.71. The number of likely N-dealkylation sites (N-methyl/N-ethyl adjacent to an activating group) is 1. The van der Waals surface area contributed by atoms with Crippen LogP contribution < -0.4 is 10.7 Å². The first-order valence-corrected chi connectivity index (χ1v) is 26.2. The van der Waals surface area contributed by atoms with E-state index in [2.05, 4.69) is 108 Å². The van der Waals surface area contributed by atoms with Crippen LogP contribution in [0.25, 0.3) is 33.3 Å². The van der Waals surface area contributed by atoms with E-state index in [1.807, 2.05) is 43.3 Å². The van der Waals surface area contributed by atoms with Crippen molar-refractivity contribution in [3.05, 3.63) is 77.6 Å². The van der Waals surface area contributed by atoms with Crippen molar-refractivity contribution in [2.75, 3.05) is 73.2 Å². The number of hydrogen-bond acceptors (Lipinski definition) is 11. The standard InChI is InChI=1S/C57H74N8O7/c1-9-64-48-19-17-41-31-44(48)45(52(64)43-15-11-23-58-50(43)38(4)70-8)32-56(5,6)36-72-55(69)46-16-12-24-65(60-46)54(68)47(30-39-13-10-14-40(41)29-39)59-53(67)51(37(2)3)63-26-22-57(35-63)21-25-62(34-57)49(66)20-18-42-33-71-28-27-61(42)7/h10-11,13-15,17,19,23,29,31,37-38,42,46-47,51,60H,9,12,16,21-22,24-28,30,32-36H2,1-8H3,(H,59,67)/t38-,42+,46-,47-,51-,57+/m0/s1. The Labute approximate surface area is 425 Å². The molecule has 0 radical (unpaired) electrons. The zero-order valence-electron chi connectivity index (χ0n) is 43.6. The van der Waals surface area contributed by atoms with Crippen LogP contribution in [0.3, 0.4) is 0 Å². The van der Waals surface area contributed by atoms with E-state index in [0.29, 0.717) is 65.2 Å². The zero-order chi connectivity index (χ0) is 50.9. The Kier molecular flexibility index (Phi) is 15.3. The Hall–Kier alpha value is -5.63. The maximum absolute atomic E-state index is 14.9. The lowest BCUT2D eigenvalue weighted by Gasteiger charge is -2.37. The van der Waals surface area contributed by atoms with Crippen LogP contribution in [-0.2, 0) is 52.8 Å². The summed E-state index contributed by atoms with van der Waals surface area (Å²) in [6.07, 6.45) is 5.22. The fraction of sp³-hybridized carbons (Fsp3) is 0.561. The molecule has 2 N–H and O–H groups in total. The van der Waals surface area contributed by atoms with Gasteiger partial charge in [0.15, 0.2) is 0 Å². The van der Waals surface area contributed by atoms with E-state index in [-0.39, 0.29) is 54.2 Å². The van der Waals surface area contributed by atoms with Crippen LogP contribution in [0.5, 0.6) is 0 Å². The quantitative estimate of drug-likeness (QED) is 0.158. The summed E-state index contributed by atoms with van der Waals surface area (Å²) in [5, 5.41) is 5.89. The summed E-state index contributed by atoms with van der Waals surface area (Å²) in [4.78, 5) is 68.3. The maximum Gasteiger partial charge on any atom is 0.324 e. The fourth-order valence-electron chi connectivity index (χ4n) is 11.8. The number of fused-ring (bicyclic) bond motifs is 6. The molecule has 5 aliphatic rings. The summed E-state index contributed by atoms with van der Waals surface area (Å²) >= 11 is 0. The van der Waals surface area contributed by atoms with E-state index in [0.717, 1.165) is 76.0 Å². The number of nitrogens with zero attached hydrogens (tertiary/aromatic N) is 6. The second-order valence-electron chi connectivity index (χ2n) is 22.1. The number of cyclic esters (lactones) is 1. The largest absolute Gasteiger partial charge is 0.464 e. The molecule has 0 unspecified atom stereocenters. The van der Waals surface area contributed by atoms with Crippen LogP contribution in [0.4, 0.5) is 0 Å². The van der Waals surface area contributed by atoms with Crippen molar-refractivity contribution in [3.63, 3.8) is 0 Å². The molecular weight excluding hydrogens is 909 g/mol. The molecule has 7 heterocycles. The second kappa shape index (κ2) is 21.5. The molecule has 4 saturated heterocycles. The predicted octanol–water partition coefficient (Wildman–Crippen LogP) is 6.03. The van der Waals surface area contributed by atoms with Gasteiger partial charge in [0.05, 0.1) is 49.4 Å². The number of hydrazine groups is 1. The highest BCUT2D eigenvalue weighted by molar-refractivity contribution is 5.96. The van der Waals surface area contributed by atoms with Gasteiger partial charge in [-0.1, -0.05) is 63.9 Å². The molecule has 0 saturated carbocycles. The molecule has 9 rings (SSSR count). The summed E-state index contributed by atoms with van der Waals surface area (Å²) in [5.41, 5.74) is 10.7. The van der Waals surface area contributed by atoms with Crippen molar-refractivity contribution in [1.82, 2.24) is 40.0 Å². The van der Waals surface area contributed by atoms with Gasteiger partial charge in [-0.25, -0.2) is 5.43 Å². The molecule has 2 aromatic carbocycles. The van der Waals surface area contributed by atoms with Gasteiger partial charge in [0.2, 0.25) is 5.91 Å². The molecule has 15 heteroatoms. The normalized spacial score (nSPS) is 25.0. The van der Waals surface area contributed by atoms with Crippen molar-refractivity contribution >= 4 is 34.6 Å². The van der Waals surface area contributed by atoms with Gasteiger partial charge in [-0.3, -0.25) is 39.0 Å². The first kappa shape index (κ1) is 51.3. The highest BCUT2D eigenvalue weighted by Crippen LogP contribution is 2.43. The highest BCUT2D eigenvalue weighted by atomic mass is 16.5. The number of carbonyl (C=O) groups is 4. The van der Waals surface area contributed by atoms with E-state index >= 15 is 0 Å². The number of amides is 3. The smallest absolute Gasteiger partial charge is 0.324 e. The van der Waals surface area contributed by atoms with Crippen LogP contribution >= 0.6 is 0 Å². The van der Waals surface area contributed by atoms with Crippen LogP contribution in [0.2, 0.25) is 0 Å². The number of methoxy groups -OCH3 is 1. The van der Waals surface area contributed by atoms with Gasteiger partial charge in [0.1, 0.15) is 12.1 Å². The first-order chi connectivity index (χ1) is 34.6. The molecule has 5 aliphatic heterocycles. The van der Waals surface area contributed by atoms with Gasteiger partial charge >= 0.3 is 5.97 Å². The third-order valence-corrected chi connectivity index (χ3v) is 15.9. The number of benzene rings is 2. The third kappa shape index (κ3) is 10.7. The number of pyridine rings is 1. The molecule has 15 nitrogen and oxygen atoms in total.